The van der Waals surface area contributed by atoms with Gasteiger partial charge in [-0.25, -0.2) is 0 Å². The number of nitriles is 1. The number of hydrogen-bond acceptors (Lipinski definition) is 4. The SMILES string of the molecule is CC(O)CNC(=O)c1ccc(C#N)o1. The number of furan rings is 1. The Bertz CT molecular complexity index is 362. The van der Waals surface area contributed by atoms with Crippen LogP contribution in [0.15, 0.2) is 16.5 Å². The second-order valence-corrected chi connectivity index (χ2v) is 2.83. The molecule has 0 aromatic carbocycles. The van der Waals surface area contributed by atoms with Gasteiger partial charge in [-0.2, -0.15) is 5.26 Å². The highest BCUT2D eigenvalue weighted by Gasteiger charge is 2.10. The molecule has 1 unspecified atom stereocenters. The van der Waals surface area contributed by atoms with Gasteiger partial charge in [0.15, 0.2) is 5.76 Å². The molecule has 0 aliphatic carbocycles. The van der Waals surface area contributed by atoms with Crippen LogP contribution in [0.5, 0.6) is 0 Å². The largest absolute Gasteiger partial charge is 0.440 e. The van der Waals surface area contributed by atoms with E-state index in [0.717, 1.165) is 0 Å². The Morgan fingerprint density at radius 2 is 2.50 bits per heavy atom. The molecule has 1 aromatic rings. The van der Waals surface area contributed by atoms with E-state index in [4.69, 9.17) is 14.8 Å². The Hall–Kier alpha value is -1.80. The zero-order valence-electron chi connectivity index (χ0n) is 7.65. The number of carbonyl (C=O) groups is 1. The third-order valence-corrected chi connectivity index (χ3v) is 1.50. The molecule has 0 fully saturated rings. The van der Waals surface area contributed by atoms with Gasteiger partial charge < -0.3 is 14.8 Å². The molecule has 0 saturated carbocycles. The van der Waals surface area contributed by atoms with E-state index < -0.39 is 12.0 Å². The first-order valence-corrected chi connectivity index (χ1v) is 4.09. The maximum atomic E-state index is 11.3. The topological polar surface area (TPSA) is 86.3 Å². The molecule has 0 aliphatic heterocycles. The highest BCUT2D eigenvalue weighted by atomic mass is 16.3. The van der Waals surface area contributed by atoms with E-state index in [-0.39, 0.29) is 18.1 Å². The van der Waals surface area contributed by atoms with Crippen LogP contribution in [0.25, 0.3) is 0 Å². The van der Waals surface area contributed by atoms with Crippen molar-refractivity contribution in [3.8, 4) is 6.07 Å². The van der Waals surface area contributed by atoms with Crippen LogP contribution in [0.3, 0.4) is 0 Å². The van der Waals surface area contributed by atoms with Crippen LogP contribution in [0.4, 0.5) is 0 Å². The molecule has 2 N–H and O–H groups in total. The minimum atomic E-state index is -0.607. The maximum Gasteiger partial charge on any atom is 0.287 e. The van der Waals surface area contributed by atoms with Crippen molar-refractivity contribution < 1.29 is 14.3 Å². The fourth-order valence-corrected chi connectivity index (χ4v) is 0.848. The number of nitrogens with zero attached hydrogens (tertiary/aromatic N) is 1. The first-order valence-electron chi connectivity index (χ1n) is 4.09. The molecule has 14 heavy (non-hydrogen) atoms. The molecule has 0 radical (unpaired) electrons. The lowest BCUT2D eigenvalue weighted by atomic mass is 10.3. The minimum Gasteiger partial charge on any atom is -0.440 e. The maximum absolute atomic E-state index is 11.3. The lowest BCUT2D eigenvalue weighted by Gasteiger charge is -2.04. The first-order chi connectivity index (χ1) is 6.63. The van der Waals surface area contributed by atoms with Gasteiger partial charge in [0, 0.05) is 6.54 Å². The van der Waals surface area contributed by atoms with Crippen molar-refractivity contribution in [2.75, 3.05) is 6.54 Å². The average Bonchev–Trinajstić information content (AvgIpc) is 2.62. The van der Waals surface area contributed by atoms with Crippen molar-refractivity contribution in [2.45, 2.75) is 13.0 Å². The summed E-state index contributed by atoms with van der Waals surface area (Å²) >= 11 is 0. The number of nitrogens with one attached hydrogen (secondary N) is 1. The molecule has 1 heterocycles. The number of carbonyl (C=O) groups excluding carboxylic acids is 1. The van der Waals surface area contributed by atoms with Crippen molar-refractivity contribution in [3.05, 3.63) is 23.7 Å². The van der Waals surface area contributed by atoms with E-state index in [1.165, 1.54) is 12.1 Å². The fraction of sp³-hybridized carbons (Fsp3) is 0.333. The standard InChI is InChI=1S/C9H10N2O3/c1-6(12)5-11-9(13)8-3-2-7(4-10)14-8/h2-3,6,12H,5H2,1H3,(H,11,13). The monoisotopic (exact) mass is 194 g/mol. The molecule has 74 valence electrons. The molecule has 5 heteroatoms. The van der Waals surface area contributed by atoms with Crippen molar-refractivity contribution in [1.82, 2.24) is 5.32 Å². The third-order valence-electron chi connectivity index (χ3n) is 1.50. The van der Waals surface area contributed by atoms with Gasteiger partial charge in [0.1, 0.15) is 6.07 Å². The van der Waals surface area contributed by atoms with Gasteiger partial charge in [-0.3, -0.25) is 4.79 Å². The molecule has 5 nitrogen and oxygen atoms in total. The zero-order chi connectivity index (χ0) is 10.6. The fourth-order valence-electron chi connectivity index (χ4n) is 0.848. The van der Waals surface area contributed by atoms with Gasteiger partial charge in [0.05, 0.1) is 6.10 Å². The van der Waals surface area contributed by atoms with E-state index in [1.807, 2.05) is 0 Å². The summed E-state index contributed by atoms with van der Waals surface area (Å²) in [6.07, 6.45) is -0.607. The summed E-state index contributed by atoms with van der Waals surface area (Å²) in [7, 11) is 0. The van der Waals surface area contributed by atoms with Crippen LogP contribution in [0.1, 0.15) is 23.2 Å². The number of aliphatic hydroxyl groups is 1. The second-order valence-electron chi connectivity index (χ2n) is 2.83. The Labute approximate surface area is 80.9 Å². The van der Waals surface area contributed by atoms with Crippen LogP contribution < -0.4 is 5.32 Å². The number of rotatable bonds is 3. The molecule has 0 bridgehead atoms. The molecule has 0 aliphatic rings. The van der Waals surface area contributed by atoms with Crippen molar-refractivity contribution in [1.29, 1.82) is 5.26 Å². The lowest BCUT2D eigenvalue weighted by molar-refractivity contribution is 0.0896. The van der Waals surface area contributed by atoms with E-state index >= 15 is 0 Å². The Kier molecular flexibility index (Phi) is 3.26. The first kappa shape index (κ1) is 10.3. The van der Waals surface area contributed by atoms with Gasteiger partial charge in [-0.05, 0) is 19.1 Å². The summed E-state index contributed by atoms with van der Waals surface area (Å²) < 4.78 is 4.87. The Morgan fingerprint density at radius 3 is 3.00 bits per heavy atom. The molecule has 1 rings (SSSR count). The molecule has 1 atom stereocenters. The summed E-state index contributed by atoms with van der Waals surface area (Å²) in [4.78, 5) is 11.3. The predicted octanol–water partition coefficient (Wildman–Crippen LogP) is 0.262. The lowest BCUT2D eigenvalue weighted by Crippen LogP contribution is -2.30. The molecular formula is C9H10N2O3. The Balaban J connectivity index is 2.57. The quantitative estimate of drug-likeness (QED) is 0.722. The summed E-state index contributed by atoms with van der Waals surface area (Å²) in [5.41, 5.74) is 0. The summed E-state index contributed by atoms with van der Waals surface area (Å²) in [6.45, 7) is 1.71. The predicted molar refractivity (Wildman–Crippen MR) is 47.4 cm³/mol. The average molecular weight is 194 g/mol. The third kappa shape index (κ3) is 2.61. The van der Waals surface area contributed by atoms with E-state index in [0.29, 0.717) is 0 Å². The smallest absolute Gasteiger partial charge is 0.287 e. The normalized spacial score (nSPS) is 11.8. The van der Waals surface area contributed by atoms with Gasteiger partial charge in [0.25, 0.3) is 5.91 Å². The highest BCUT2D eigenvalue weighted by Crippen LogP contribution is 2.05. The molecule has 1 amide bonds. The minimum absolute atomic E-state index is 0.0715. The van der Waals surface area contributed by atoms with Crippen LogP contribution in [-0.4, -0.2) is 23.7 Å². The summed E-state index contributed by atoms with van der Waals surface area (Å²) in [5, 5.41) is 19.8. The van der Waals surface area contributed by atoms with Crippen LogP contribution >= 0.6 is 0 Å². The van der Waals surface area contributed by atoms with Crippen LogP contribution in [-0.2, 0) is 0 Å². The van der Waals surface area contributed by atoms with E-state index in [9.17, 15) is 4.79 Å². The van der Waals surface area contributed by atoms with E-state index in [2.05, 4.69) is 5.32 Å². The zero-order valence-corrected chi connectivity index (χ0v) is 7.65. The number of hydrogen-bond donors (Lipinski definition) is 2. The molecule has 1 aromatic heterocycles. The van der Waals surface area contributed by atoms with Gasteiger partial charge >= 0.3 is 0 Å². The molecular weight excluding hydrogens is 184 g/mol. The van der Waals surface area contributed by atoms with Gasteiger partial charge in [-0.1, -0.05) is 0 Å². The van der Waals surface area contributed by atoms with Crippen molar-refractivity contribution >= 4 is 5.91 Å². The van der Waals surface area contributed by atoms with E-state index in [1.54, 1.807) is 13.0 Å². The van der Waals surface area contributed by atoms with Crippen LogP contribution in [0, 0.1) is 11.3 Å². The van der Waals surface area contributed by atoms with Gasteiger partial charge in [-0.15, -0.1) is 0 Å². The summed E-state index contributed by atoms with van der Waals surface area (Å²) in [5.74, 6) is -0.276. The van der Waals surface area contributed by atoms with Gasteiger partial charge in [0.2, 0.25) is 5.76 Å². The number of amides is 1. The Morgan fingerprint density at radius 1 is 1.79 bits per heavy atom. The van der Waals surface area contributed by atoms with Crippen molar-refractivity contribution in [2.24, 2.45) is 0 Å². The molecule has 0 saturated heterocycles. The van der Waals surface area contributed by atoms with Crippen LogP contribution in [0.2, 0.25) is 0 Å². The molecule has 0 spiro atoms. The van der Waals surface area contributed by atoms with Crippen molar-refractivity contribution in [3.63, 3.8) is 0 Å². The summed E-state index contributed by atoms with van der Waals surface area (Å²) in [6, 6.07) is 4.60. The highest BCUT2D eigenvalue weighted by molar-refractivity contribution is 5.91. The second kappa shape index (κ2) is 4.44. The number of aliphatic hydroxyl groups excluding tert-OH is 1.